The standard InChI is InChI=1S/C21H26Cl2N2O6/c1-12(2)7-16(19(29)21(10-27)11-31-21)25-20(30)17(9-26)24-18(28)6-4-13-3-5-14(22)15(23)8-13/h3-6,8,12,16-17,26-27H,7,9-11H2,1-2H3,(H,24,28)(H,25,30)/b6-4+/t16?,17-,21?/m0/s1. The van der Waals surface area contributed by atoms with Crippen LogP contribution in [0.15, 0.2) is 24.3 Å². The Morgan fingerprint density at radius 2 is 1.84 bits per heavy atom. The third kappa shape index (κ3) is 7.02. The van der Waals surface area contributed by atoms with Crippen LogP contribution < -0.4 is 10.6 Å². The molecule has 3 atom stereocenters. The molecule has 1 aliphatic heterocycles. The summed E-state index contributed by atoms with van der Waals surface area (Å²) in [6.07, 6.45) is 2.98. The first-order chi connectivity index (χ1) is 14.6. The van der Waals surface area contributed by atoms with Crippen molar-refractivity contribution in [3.8, 4) is 0 Å². The monoisotopic (exact) mass is 472 g/mol. The van der Waals surface area contributed by atoms with Gasteiger partial charge in [0, 0.05) is 6.08 Å². The molecule has 2 amide bonds. The molecule has 1 aromatic carbocycles. The molecule has 2 unspecified atom stereocenters. The molecule has 4 N–H and O–H groups in total. The second-order valence-electron chi connectivity index (χ2n) is 7.75. The van der Waals surface area contributed by atoms with Crippen molar-refractivity contribution in [3.63, 3.8) is 0 Å². The van der Waals surface area contributed by atoms with Crippen LogP contribution in [-0.2, 0) is 19.1 Å². The first kappa shape index (κ1) is 25.3. The third-order valence-electron chi connectivity index (χ3n) is 4.72. The highest BCUT2D eigenvalue weighted by Crippen LogP contribution is 2.30. The number of hydrogen-bond donors (Lipinski definition) is 4. The molecule has 0 spiro atoms. The van der Waals surface area contributed by atoms with Gasteiger partial charge in [0.1, 0.15) is 6.04 Å². The minimum Gasteiger partial charge on any atom is -0.394 e. The van der Waals surface area contributed by atoms with Crippen LogP contribution in [0.3, 0.4) is 0 Å². The molecule has 0 aromatic heterocycles. The second-order valence-corrected chi connectivity index (χ2v) is 8.56. The Hall–Kier alpha value is -1.97. The van der Waals surface area contributed by atoms with Crippen molar-refractivity contribution in [2.45, 2.75) is 38.0 Å². The van der Waals surface area contributed by atoms with E-state index in [-0.39, 0.29) is 12.5 Å². The molecule has 1 saturated heterocycles. The Labute approximate surface area is 190 Å². The summed E-state index contributed by atoms with van der Waals surface area (Å²) >= 11 is 11.8. The predicted molar refractivity (Wildman–Crippen MR) is 117 cm³/mol. The maximum atomic E-state index is 12.7. The molecule has 0 saturated carbocycles. The van der Waals surface area contributed by atoms with Gasteiger partial charge in [-0.15, -0.1) is 0 Å². The van der Waals surface area contributed by atoms with Gasteiger partial charge in [-0.25, -0.2) is 0 Å². The summed E-state index contributed by atoms with van der Waals surface area (Å²) in [5, 5.41) is 24.7. The molecule has 1 aliphatic rings. The molecular formula is C21H26Cl2N2O6. The van der Waals surface area contributed by atoms with E-state index in [2.05, 4.69) is 10.6 Å². The molecule has 0 radical (unpaired) electrons. The van der Waals surface area contributed by atoms with Crippen molar-refractivity contribution in [2.24, 2.45) is 5.92 Å². The lowest BCUT2D eigenvalue weighted by Crippen LogP contribution is -2.55. The molecule has 2 rings (SSSR count). The lowest BCUT2D eigenvalue weighted by Gasteiger charge is -2.24. The number of nitrogens with one attached hydrogen (secondary N) is 2. The fraction of sp³-hybridized carbons (Fsp3) is 0.476. The lowest BCUT2D eigenvalue weighted by atomic mass is 9.92. The number of carbonyl (C=O) groups is 3. The van der Waals surface area contributed by atoms with Crippen LogP contribution in [0.4, 0.5) is 0 Å². The highest BCUT2D eigenvalue weighted by Gasteiger charge is 2.54. The molecule has 8 nitrogen and oxygen atoms in total. The average Bonchev–Trinajstić information content (AvgIpc) is 3.52. The molecule has 1 heterocycles. The number of hydrogen-bond acceptors (Lipinski definition) is 6. The summed E-state index contributed by atoms with van der Waals surface area (Å²) in [7, 11) is 0. The summed E-state index contributed by atoms with van der Waals surface area (Å²) in [4.78, 5) is 37.5. The minimum atomic E-state index is -1.28. The van der Waals surface area contributed by atoms with Crippen LogP contribution in [0.2, 0.25) is 10.0 Å². The van der Waals surface area contributed by atoms with Crippen LogP contribution in [0.5, 0.6) is 0 Å². The second kappa shape index (κ2) is 11.1. The van der Waals surface area contributed by atoms with Crippen LogP contribution in [0.1, 0.15) is 25.8 Å². The number of amides is 2. The number of halogens is 2. The number of Topliss-reactive ketones (excluding diaryl/α,β-unsaturated/α-hetero) is 1. The van der Waals surface area contributed by atoms with E-state index in [1.165, 1.54) is 12.2 Å². The Bertz CT molecular complexity index is 854. The molecule has 1 fully saturated rings. The SMILES string of the molecule is CC(C)CC(NC(=O)[C@H](CO)NC(=O)/C=C/c1ccc(Cl)c(Cl)c1)C(=O)C1(CO)CO1. The van der Waals surface area contributed by atoms with Crippen LogP contribution >= 0.6 is 23.2 Å². The lowest BCUT2D eigenvalue weighted by molar-refractivity contribution is -0.134. The Balaban J connectivity index is 2.01. The molecular weight excluding hydrogens is 447 g/mol. The number of carbonyl (C=O) groups excluding carboxylic acids is 3. The van der Waals surface area contributed by atoms with Crippen LogP contribution in [0.25, 0.3) is 6.08 Å². The van der Waals surface area contributed by atoms with E-state index < -0.39 is 48.5 Å². The Morgan fingerprint density at radius 1 is 1.16 bits per heavy atom. The van der Waals surface area contributed by atoms with Crippen LogP contribution in [-0.4, -0.2) is 65.3 Å². The van der Waals surface area contributed by atoms with Gasteiger partial charge >= 0.3 is 0 Å². The first-order valence-corrected chi connectivity index (χ1v) is 10.5. The molecule has 1 aromatic rings. The van der Waals surface area contributed by atoms with Gasteiger partial charge in [-0.2, -0.15) is 0 Å². The van der Waals surface area contributed by atoms with Crippen molar-refractivity contribution < 1.29 is 29.3 Å². The van der Waals surface area contributed by atoms with E-state index in [4.69, 9.17) is 27.9 Å². The topological polar surface area (TPSA) is 128 Å². The van der Waals surface area contributed by atoms with Gasteiger partial charge in [0.15, 0.2) is 11.4 Å². The molecule has 0 aliphatic carbocycles. The van der Waals surface area contributed by atoms with E-state index in [0.717, 1.165) is 0 Å². The number of benzene rings is 1. The van der Waals surface area contributed by atoms with E-state index in [1.807, 2.05) is 13.8 Å². The maximum absolute atomic E-state index is 12.7. The van der Waals surface area contributed by atoms with Crippen LogP contribution in [0, 0.1) is 5.92 Å². The normalized spacial score (nSPS) is 19.8. The zero-order valence-electron chi connectivity index (χ0n) is 17.2. The highest BCUT2D eigenvalue weighted by molar-refractivity contribution is 6.42. The number of ketones is 1. The van der Waals surface area contributed by atoms with Gasteiger partial charge < -0.3 is 25.6 Å². The summed E-state index contributed by atoms with van der Waals surface area (Å²) < 4.78 is 5.10. The van der Waals surface area contributed by atoms with Gasteiger partial charge in [-0.3, -0.25) is 14.4 Å². The number of ether oxygens (including phenoxy) is 1. The summed E-state index contributed by atoms with van der Waals surface area (Å²) in [6, 6.07) is 2.63. The Kier molecular flexibility index (Phi) is 9.02. The highest BCUT2D eigenvalue weighted by atomic mass is 35.5. The number of epoxide rings is 1. The van der Waals surface area contributed by atoms with E-state index >= 15 is 0 Å². The predicted octanol–water partition coefficient (Wildman–Crippen LogP) is 1.34. The zero-order valence-corrected chi connectivity index (χ0v) is 18.7. The fourth-order valence-corrected chi connectivity index (χ4v) is 3.20. The van der Waals surface area contributed by atoms with E-state index in [9.17, 15) is 24.6 Å². The average molecular weight is 473 g/mol. The summed E-state index contributed by atoms with van der Waals surface area (Å²) in [5.41, 5.74) is -0.663. The molecule has 10 heteroatoms. The fourth-order valence-electron chi connectivity index (χ4n) is 2.89. The van der Waals surface area contributed by atoms with Crippen molar-refractivity contribution >= 4 is 46.9 Å². The number of rotatable bonds is 11. The molecule has 0 bridgehead atoms. The van der Waals surface area contributed by atoms with Gasteiger partial charge in [-0.1, -0.05) is 43.1 Å². The molecule has 170 valence electrons. The number of aliphatic hydroxyl groups excluding tert-OH is 2. The van der Waals surface area contributed by atoms with E-state index in [1.54, 1.807) is 18.2 Å². The zero-order chi connectivity index (χ0) is 23.2. The van der Waals surface area contributed by atoms with Gasteiger partial charge in [-0.05, 0) is 36.1 Å². The van der Waals surface area contributed by atoms with Gasteiger partial charge in [0.25, 0.3) is 0 Å². The van der Waals surface area contributed by atoms with Crippen molar-refractivity contribution in [2.75, 3.05) is 19.8 Å². The summed E-state index contributed by atoms with van der Waals surface area (Å²) in [5.74, 6) is -1.70. The first-order valence-electron chi connectivity index (χ1n) is 9.76. The summed E-state index contributed by atoms with van der Waals surface area (Å²) in [6.45, 7) is 2.71. The number of aliphatic hydroxyl groups is 2. The van der Waals surface area contributed by atoms with Gasteiger partial charge in [0.05, 0.1) is 35.9 Å². The molecule has 31 heavy (non-hydrogen) atoms. The van der Waals surface area contributed by atoms with Crippen molar-refractivity contribution in [1.82, 2.24) is 10.6 Å². The maximum Gasteiger partial charge on any atom is 0.245 e. The van der Waals surface area contributed by atoms with Crippen molar-refractivity contribution in [1.29, 1.82) is 0 Å². The van der Waals surface area contributed by atoms with Crippen molar-refractivity contribution in [3.05, 3.63) is 39.9 Å². The van der Waals surface area contributed by atoms with E-state index in [0.29, 0.717) is 22.0 Å². The van der Waals surface area contributed by atoms with Gasteiger partial charge in [0.2, 0.25) is 11.8 Å². The Morgan fingerprint density at radius 3 is 2.35 bits per heavy atom. The largest absolute Gasteiger partial charge is 0.394 e. The third-order valence-corrected chi connectivity index (χ3v) is 5.46. The minimum absolute atomic E-state index is 0.0695. The smallest absolute Gasteiger partial charge is 0.245 e. The quantitative estimate of drug-likeness (QED) is 0.284.